The van der Waals surface area contributed by atoms with E-state index in [4.69, 9.17) is 4.99 Å². The molecule has 0 bridgehead atoms. The van der Waals surface area contributed by atoms with Crippen LogP contribution >= 0.6 is 11.8 Å². The smallest absolute Gasteiger partial charge is 0.0765 e. The third kappa shape index (κ3) is 4.19. The second-order valence-corrected chi connectivity index (χ2v) is 8.74. The molecule has 3 rings (SSSR count). The van der Waals surface area contributed by atoms with Crippen molar-refractivity contribution >= 4 is 23.7 Å². The lowest BCUT2D eigenvalue weighted by Crippen LogP contribution is -2.11. The molecule has 0 unspecified atom stereocenters. The zero-order valence-corrected chi connectivity index (χ0v) is 17.9. The summed E-state index contributed by atoms with van der Waals surface area (Å²) in [6.45, 7) is 11.0. The first-order chi connectivity index (χ1) is 12.8. The monoisotopic (exact) mass is 376 g/mol. The lowest BCUT2D eigenvalue weighted by Gasteiger charge is -2.20. The van der Waals surface area contributed by atoms with Crippen LogP contribution in [0, 0.1) is 13.8 Å². The van der Waals surface area contributed by atoms with Crippen molar-refractivity contribution in [2.45, 2.75) is 44.9 Å². The molecule has 140 valence electrons. The molecule has 0 aliphatic carbocycles. The van der Waals surface area contributed by atoms with Crippen molar-refractivity contribution in [2.75, 3.05) is 6.26 Å². The summed E-state index contributed by atoms with van der Waals surface area (Å²) in [6.07, 6.45) is 4.07. The molecule has 0 radical (unpaired) electrons. The Labute approximate surface area is 167 Å². The Morgan fingerprint density at radius 3 is 2.26 bits per heavy atom. The summed E-state index contributed by atoms with van der Waals surface area (Å²) in [5.74, 6) is 0. The minimum atomic E-state index is 0.168. The van der Waals surface area contributed by atoms with Gasteiger partial charge in [0.15, 0.2) is 0 Å². The molecular formula is C24H28N2S. The van der Waals surface area contributed by atoms with Crippen LogP contribution in [-0.2, 0) is 5.41 Å². The molecule has 3 aromatic rings. The first kappa shape index (κ1) is 19.5. The van der Waals surface area contributed by atoms with Gasteiger partial charge in [0.25, 0.3) is 0 Å². The third-order valence-electron chi connectivity index (χ3n) is 4.89. The first-order valence-electron chi connectivity index (χ1n) is 9.28. The van der Waals surface area contributed by atoms with Gasteiger partial charge in [0.2, 0.25) is 0 Å². The molecule has 1 aromatic heterocycles. The van der Waals surface area contributed by atoms with Crippen LogP contribution in [0.5, 0.6) is 0 Å². The van der Waals surface area contributed by atoms with Gasteiger partial charge >= 0.3 is 0 Å². The van der Waals surface area contributed by atoms with Gasteiger partial charge in [-0.05, 0) is 61.4 Å². The number of hydrogen-bond donors (Lipinski definition) is 0. The maximum atomic E-state index is 4.74. The van der Waals surface area contributed by atoms with E-state index in [-0.39, 0.29) is 5.41 Å². The highest BCUT2D eigenvalue weighted by Gasteiger charge is 2.14. The lowest BCUT2D eigenvalue weighted by atomic mass is 9.87. The Hall–Kier alpha value is -2.26. The van der Waals surface area contributed by atoms with Gasteiger partial charge in [-0.3, -0.25) is 4.99 Å². The van der Waals surface area contributed by atoms with Crippen LogP contribution in [0.15, 0.2) is 64.5 Å². The van der Waals surface area contributed by atoms with Crippen LogP contribution in [0.1, 0.15) is 43.3 Å². The average Bonchev–Trinajstić information content (AvgIpc) is 2.93. The van der Waals surface area contributed by atoms with E-state index in [2.05, 4.69) is 94.0 Å². The van der Waals surface area contributed by atoms with Crippen molar-refractivity contribution in [1.29, 1.82) is 0 Å². The normalized spacial score (nSPS) is 12.1. The Morgan fingerprint density at radius 1 is 0.963 bits per heavy atom. The SMILES string of the molecule is CSc1ccccc1N=Cc1cc(C)n(-c2ccc(C(C)(C)C)cc2)c1C. The summed E-state index contributed by atoms with van der Waals surface area (Å²) >= 11 is 1.72. The fourth-order valence-electron chi connectivity index (χ4n) is 3.30. The molecule has 0 saturated carbocycles. The van der Waals surface area contributed by atoms with Crippen molar-refractivity contribution in [2.24, 2.45) is 4.99 Å². The quantitative estimate of drug-likeness (QED) is 0.359. The minimum Gasteiger partial charge on any atom is -0.318 e. The van der Waals surface area contributed by atoms with Gasteiger partial charge in [0.05, 0.1) is 5.69 Å². The lowest BCUT2D eigenvalue weighted by molar-refractivity contribution is 0.590. The van der Waals surface area contributed by atoms with Crippen LogP contribution in [0.2, 0.25) is 0 Å². The van der Waals surface area contributed by atoms with Crippen LogP contribution in [-0.4, -0.2) is 17.0 Å². The fourth-order valence-corrected chi connectivity index (χ4v) is 3.85. The number of hydrogen-bond acceptors (Lipinski definition) is 2. The van der Waals surface area contributed by atoms with E-state index in [1.165, 1.54) is 27.5 Å². The van der Waals surface area contributed by atoms with Gasteiger partial charge in [0.1, 0.15) is 0 Å². The minimum absolute atomic E-state index is 0.168. The van der Waals surface area contributed by atoms with E-state index in [0.29, 0.717) is 0 Å². The van der Waals surface area contributed by atoms with Crippen LogP contribution in [0.25, 0.3) is 5.69 Å². The van der Waals surface area contributed by atoms with Gasteiger partial charge in [-0.2, -0.15) is 0 Å². The van der Waals surface area contributed by atoms with E-state index in [1.54, 1.807) is 11.8 Å². The molecule has 2 nitrogen and oxygen atoms in total. The number of benzene rings is 2. The van der Waals surface area contributed by atoms with Gasteiger partial charge in [-0.25, -0.2) is 0 Å². The Morgan fingerprint density at radius 2 is 1.63 bits per heavy atom. The second-order valence-electron chi connectivity index (χ2n) is 7.89. The molecular weight excluding hydrogens is 348 g/mol. The van der Waals surface area contributed by atoms with E-state index in [1.807, 2.05) is 12.3 Å². The average molecular weight is 377 g/mol. The zero-order valence-electron chi connectivity index (χ0n) is 17.1. The van der Waals surface area contributed by atoms with E-state index >= 15 is 0 Å². The molecule has 0 spiro atoms. The zero-order chi connectivity index (χ0) is 19.6. The highest BCUT2D eigenvalue weighted by atomic mass is 32.2. The number of aromatic nitrogens is 1. The Balaban J connectivity index is 1.94. The van der Waals surface area contributed by atoms with Gasteiger partial charge in [-0.15, -0.1) is 11.8 Å². The first-order valence-corrected chi connectivity index (χ1v) is 10.5. The predicted molar refractivity (Wildman–Crippen MR) is 119 cm³/mol. The van der Waals surface area contributed by atoms with Crippen molar-refractivity contribution in [3.05, 3.63) is 77.1 Å². The maximum Gasteiger partial charge on any atom is 0.0765 e. The fraction of sp³-hybridized carbons (Fsp3) is 0.292. The highest BCUT2D eigenvalue weighted by molar-refractivity contribution is 7.98. The molecule has 0 atom stereocenters. The predicted octanol–water partition coefficient (Wildman–Crippen LogP) is 6.86. The third-order valence-corrected chi connectivity index (χ3v) is 5.67. The van der Waals surface area contributed by atoms with E-state index < -0.39 is 0 Å². The van der Waals surface area contributed by atoms with Crippen molar-refractivity contribution < 1.29 is 0 Å². The van der Waals surface area contributed by atoms with Crippen LogP contribution in [0.3, 0.4) is 0 Å². The maximum absolute atomic E-state index is 4.74. The topological polar surface area (TPSA) is 17.3 Å². The molecule has 27 heavy (non-hydrogen) atoms. The Bertz CT molecular complexity index is 957. The molecule has 0 N–H and O–H groups in total. The number of para-hydroxylation sites is 1. The largest absolute Gasteiger partial charge is 0.318 e. The number of aryl methyl sites for hydroxylation is 1. The molecule has 2 aromatic carbocycles. The second kappa shape index (κ2) is 7.77. The van der Waals surface area contributed by atoms with E-state index in [9.17, 15) is 0 Å². The standard InChI is InChI=1S/C24H28N2S/c1-17-15-19(16-25-22-9-7-8-10-23(22)27-6)18(2)26(17)21-13-11-20(12-14-21)24(3,4)5/h7-16H,1-6H3. The number of aliphatic imine (C=N–C) groups is 1. The van der Waals surface area contributed by atoms with Crippen molar-refractivity contribution in [3.8, 4) is 5.69 Å². The summed E-state index contributed by atoms with van der Waals surface area (Å²) in [5.41, 5.74) is 7.32. The molecule has 0 aliphatic heterocycles. The van der Waals surface area contributed by atoms with Gasteiger partial charge in [0, 0.05) is 33.7 Å². The van der Waals surface area contributed by atoms with Gasteiger partial charge < -0.3 is 4.57 Å². The summed E-state index contributed by atoms with van der Waals surface area (Å²) in [5, 5.41) is 0. The van der Waals surface area contributed by atoms with Crippen molar-refractivity contribution in [1.82, 2.24) is 4.57 Å². The van der Waals surface area contributed by atoms with Gasteiger partial charge in [-0.1, -0.05) is 45.0 Å². The number of thioether (sulfide) groups is 1. The molecule has 1 heterocycles. The molecule has 0 fully saturated rings. The van der Waals surface area contributed by atoms with E-state index in [0.717, 1.165) is 11.3 Å². The summed E-state index contributed by atoms with van der Waals surface area (Å²) in [7, 11) is 0. The summed E-state index contributed by atoms with van der Waals surface area (Å²) in [4.78, 5) is 5.94. The van der Waals surface area contributed by atoms with Crippen molar-refractivity contribution in [3.63, 3.8) is 0 Å². The Kier molecular flexibility index (Phi) is 5.61. The summed E-state index contributed by atoms with van der Waals surface area (Å²) < 4.78 is 2.30. The highest BCUT2D eigenvalue weighted by Crippen LogP contribution is 2.28. The molecule has 3 heteroatoms. The van der Waals surface area contributed by atoms with Crippen LogP contribution < -0.4 is 0 Å². The number of rotatable bonds is 4. The molecule has 0 aliphatic rings. The van der Waals surface area contributed by atoms with Crippen LogP contribution in [0.4, 0.5) is 5.69 Å². The summed E-state index contributed by atoms with van der Waals surface area (Å²) in [6, 6.07) is 19.4. The molecule has 0 amide bonds. The number of nitrogens with zero attached hydrogens (tertiary/aromatic N) is 2. The molecule has 0 saturated heterocycles.